The van der Waals surface area contributed by atoms with E-state index in [9.17, 15) is 9.18 Å². The van der Waals surface area contributed by atoms with Gasteiger partial charge in [0.1, 0.15) is 23.4 Å². The molecule has 1 aliphatic heterocycles. The summed E-state index contributed by atoms with van der Waals surface area (Å²) in [5.74, 6) is 1.42. The number of hydrogen-bond acceptors (Lipinski definition) is 5. The number of hydrogen-bond donors (Lipinski definition) is 1. The van der Waals surface area contributed by atoms with Gasteiger partial charge in [0.2, 0.25) is 5.95 Å². The topological polar surface area (TPSA) is 73.0 Å². The molecule has 0 fully saturated rings. The summed E-state index contributed by atoms with van der Waals surface area (Å²) in [6.07, 6.45) is 2.54. The van der Waals surface area contributed by atoms with Crippen molar-refractivity contribution in [2.45, 2.75) is 31.7 Å². The van der Waals surface area contributed by atoms with Crippen molar-refractivity contribution in [1.82, 2.24) is 14.8 Å². The van der Waals surface area contributed by atoms with Crippen molar-refractivity contribution in [3.8, 4) is 0 Å². The van der Waals surface area contributed by atoms with E-state index in [0.717, 1.165) is 11.5 Å². The summed E-state index contributed by atoms with van der Waals surface area (Å²) in [7, 11) is 0. The van der Waals surface area contributed by atoms with Gasteiger partial charge in [-0.3, -0.25) is 4.79 Å². The Balaban J connectivity index is 1.66. The number of halogens is 1. The minimum absolute atomic E-state index is 0.0304. The molecule has 0 saturated carbocycles. The first kappa shape index (κ1) is 16.0. The molecule has 3 heterocycles. The SMILES string of the molecule is Cc1nc2n(n1)[C@H](c1ccccc1F)C1=C(C[C@H](c3ccco3)CC1=O)N2. The van der Waals surface area contributed by atoms with Gasteiger partial charge in [-0.25, -0.2) is 9.07 Å². The zero-order valence-electron chi connectivity index (χ0n) is 14.6. The lowest BCUT2D eigenvalue weighted by Crippen LogP contribution is -2.34. The number of benzene rings is 1. The lowest BCUT2D eigenvalue weighted by atomic mass is 9.79. The molecule has 6 nitrogen and oxygen atoms in total. The third-order valence-electron chi connectivity index (χ3n) is 5.17. The molecule has 27 heavy (non-hydrogen) atoms. The molecule has 1 aliphatic carbocycles. The first-order chi connectivity index (χ1) is 13.1. The zero-order chi connectivity index (χ0) is 18.5. The molecule has 2 aliphatic rings. The van der Waals surface area contributed by atoms with E-state index in [1.165, 1.54) is 6.07 Å². The van der Waals surface area contributed by atoms with Crippen LogP contribution in [0.1, 0.15) is 41.9 Å². The predicted octanol–water partition coefficient (Wildman–Crippen LogP) is 3.73. The number of fused-ring (bicyclic) bond motifs is 1. The van der Waals surface area contributed by atoms with Crippen LogP contribution in [0.25, 0.3) is 0 Å². The fourth-order valence-corrected chi connectivity index (χ4v) is 4.03. The van der Waals surface area contributed by atoms with Crippen LogP contribution < -0.4 is 5.32 Å². The van der Waals surface area contributed by atoms with Crippen LogP contribution in [0, 0.1) is 12.7 Å². The van der Waals surface area contributed by atoms with E-state index in [2.05, 4.69) is 15.4 Å². The van der Waals surface area contributed by atoms with Gasteiger partial charge >= 0.3 is 0 Å². The maximum atomic E-state index is 14.6. The number of carbonyl (C=O) groups excluding carboxylic acids is 1. The Morgan fingerprint density at radius 3 is 2.85 bits per heavy atom. The highest BCUT2D eigenvalue weighted by Crippen LogP contribution is 2.44. The molecule has 0 bridgehead atoms. The predicted molar refractivity (Wildman–Crippen MR) is 95.6 cm³/mol. The van der Waals surface area contributed by atoms with Crippen molar-refractivity contribution in [3.63, 3.8) is 0 Å². The molecule has 0 saturated heterocycles. The summed E-state index contributed by atoms with van der Waals surface area (Å²) in [5.41, 5.74) is 1.74. The molecule has 0 radical (unpaired) electrons. The van der Waals surface area contributed by atoms with E-state index in [1.807, 2.05) is 12.1 Å². The van der Waals surface area contributed by atoms with Crippen molar-refractivity contribution in [1.29, 1.82) is 0 Å². The van der Waals surface area contributed by atoms with Gasteiger partial charge in [-0.2, -0.15) is 10.1 Å². The van der Waals surface area contributed by atoms with Gasteiger partial charge < -0.3 is 9.73 Å². The second-order valence-corrected chi connectivity index (χ2v) is 6.91. The van der Waals surface area contributed by atoms with Crippen LogP contribution in [-0.2, 0) is 4.79 Å². The Hall–Kier alpha value is -3.22. The molecule has 0 spiro atoms. The third kappa shape index (κ3) is 2.50. The summed E-state index contributed by atoms with van der Waals surface area (Å²) in [6.45, 7) is 1.78. The quantitative estimate of drug-likeness (QED) is 0.750. The van der Waals surface area contributed by atoms with Crippen LogP contribution in [0.4, 0.5) is 10.3 Å². The lowest BCUT2D eigenvalue weighted by Gasteiger charge is -2.34. The number of allylic oxidation sites excluding steroid dienone is 2. The number of aryl methyl sites for hydroxylation is 1. The maximum absolute atomic E-state index is 14.6. The normalized spacial score (nSPS) is 21.6. The molecule has 0 amide bonds. The number of Topliss-reactive ketones (excluding diaryl/α,β-unsaturated/α-hetero) is 1. The Bertz CT molecular complexity index is 1070. The highest BCUT2D eigenvalue weighted by Gasteiger charge is 2.40. The van der Waals surface area contributed by atoms with Gasteiger partial charge in [0.25, 0.3) is 0 Å². The standard InChI is InChI=1S/C20H17FN4O2/c1-11-22-20-23-15-9-12(17-7-4-8-27-17)10-16(26)18(15)19(25(20)24-11)13-5-2-3-6-14(13)21/h2-8,12,19H,9-10H2,1H3,(H,22,23,24)/t12-,19+/m0/s1. The number of aromatic nitrogens is 3. The van der Waals surface area contributed by atoms with E-state index in [1.54, 1.807) is 36.1 Å². The largest absolute Gasteiger partial charge is 0.469 e. The van der Waals surface area contributed by atoms with E-state index in [0.29, 0.717) is 35.8 Å². The van der Waals surface area contributed by atoms with E-state index < -0.39 is 6.04 Å². The lowest BCUT2D eigenvalue weighted by molar-refractivity contribution is -0.117. The van der Waals surface area contributed by atoms with Gasteiger partial charge in [0.05, 0.1) is 6.26 Å². The molecule has 1 N–H and O–H groups in total. The third-order valence-corrected chi connectivity index (χ3v) is 5.17. The summed E-state index contributed by atoms with van der Waals surface area (Å²) in [5, 5.41) is 7.66. The molecule has 5 rings (SSSR count). The molecule has 7 heteroatoms. The summed E-state index contributed by atoms with van der Waals surface area (Å²) < 4.78 is 21.7. The fraction of sp³-hybridized carbons (Fsp3) is 0.250. The Labute approximate surface area is 154 Å². The molecule has 0 unspecified atom stereocenters. The second-order valence-electron chi connectivity index (χ2n) is 6.91. The summed E-state index contributed by atoms with van der Waals surface area (Å²) in [4.78, 5) is 17.5. The Morgan fingerprint density at radius 1 is 1.22 bits per heavy atom. The highest BCUT2D eigenvalue weighted by molar-refractivity contribution is 6.00. The van der Waals surface area contributed by atoms with Crippen LogP contribution in [-0.4, -0.2) is 20.5 Å². The Kier molecular flexibility index (Phi) is 3.50. The van der Waals surface area contributed by atoms with E-state index in [4.69, 9.17) is 4.42 Å². The van der Waals surface area contributed by atoms with Crippen LogP contribution in [0.15, 0.2) is 58.3 Å². The maximum Gasteiger partial charge on any atom is 0.226 e. The summed E-state index contributed by atoms with van der Waals surface area (Å²) >= 11 is 0. The van der Waals surface area contributed by atoms with Crippen LogP contribution in [0.5, 0.6) is 0 Å². The van der Waals surface area contributed by atoms with Crippen LogP contribution >= 0.6 is 0 Å². The van der Waals surface area contributed by atoms with Crippen molar-refractivity contribution < 1.29 is 13.6 Å². The number of rotatable bonds is 2. The number of carbonyl (C=O) groups is 1. The number of anilines is 1. The number of ketones is 1. The van der Waals surface area contributed by atoms with E-state index in [-0.39, 0.29) is 17.5 Å². The van der Waals surface area contributed by atoms with Gasteiger partial charge in [-0.05, 0) is 31.5 Å². The smallest absolute Gasteiger partial charge is 0.226 e. The van der Waals surface area contributed by atoms with Crippen LogP contribution in [0.3, 0.4) is 0 Å². The Morgan fingerprint density at radius 2 is 2.07 bits per heavy atom. The molecule has 2 aromatic heterocycles. The second kappa shape index (κ2) is 5.90. The fourth-order valence-electron chi connectivity index (χ4n) is 4.03. The van der Waals surface area contributed by atoms with Gasteiger partial charge in [-0.15, -0.1) is 0 Å². The zero-order valence-corrected chi connectivity index (χ0v) is 14.6. The van der Waals surface area contributed by atoms with Gasteiger partial charge in [0, 0.05) is 29.2 Å². The number of nitrogens with zero attached hydrogens (tertiary/aromatic N) is 3. The first-order valence-electron chi connectivity index (χ1n) is 8.86. The minimum Gasteiger partial charge on any atom is -0.469 e. The summed E-state index contributed by atoms with van der Waals surface area (Å²) in [6, 6.07) is 9.58. The molecular weight excluding hydrogens is 347 g/mol. The molecule has 3 aromatic rings. The number of furan rings is 1. The van der Waals surface area contributed by atoms with Gasteiger partial charge in [0.15, 0.2) is 5.78 Å². The van der Waals surface area contributed by atoms with Crippen molar-refractivity contribution in [2.24, 2.45) is 0 Å². The number of nitrogens with one attached hydrogen (secondary N) is 1. The average Bonchev–Trinajstić information content (AvgIpc) is 3.29. The van der Waals surface area contributed by atoms with E-state index >= 15 is 0 Å². The molecule has 1 aromatic carbocycles. The minimum atomic E-state index is -0.622. The van der Waals surface area contributed by atoms with Crippen molar-refractivity contribution in [3.05, 3.63) is 76.9 Å². The first-order valence-corrected chi connectivity index (χ1v) is 8.86. The highest BCUT2D eigenvalue weighted by atomic mass is 19.1. The average molecular weight is 364 g/mol. The van der Waals surface area contributed by atoms with Crippen molar-refractivity contribution >= 4 is 11.7 Å². The monoisotopic (exact) mass is 364 g/mol. The molecule has 136 valence electrons. The van der Waals surface area contributed by atoms with Crippen LogP contribution in [0.2, 0.25) is 0 Å². The van der Waals surface area contributed by atoms with Gasteiger partial charge in [-0.1, -0.05) is 18.2 Å². The molecule has 2 atom stereocenters. The molecular formula is C20H17FN4O2. The van der Waals surface area contributed by atoms with Crippen molar-refractivity contribution in [2.75, 3.05) is 5.32 Å².